The van der Waals surface area contributed by atoms with Crippen molar-refractivity contribution in [1.82, 2.24) is 4.90 Å². The van der Waals surface area contributed by atoms with Gasteiger partial charge in [0, 0.05) is 25.9 Å². The minimum atomic E-state index is -0.447. The van der Waals surface area contributed by atoms with Crippen LogP contribution < -0.4 is 4.74 Å². The minimum absolute atomic E-state index is 0.160. The number of carbonyl (C=O) groups is 1. The van der Waals surface area contributed by atoms with Crippen molar-refractivity contribution < 1.29 is 14.3 Å². The molecule has 0 aromatic heterocycles. The van der Waals surface area contributed by atoms with E-state index in [1.165, 1.54) is 11.1 Å². The number of piperidine rings is 1. The van der Waals surface area contributed by atoms with Gasteiger partial charge in [-0.15, -0.1) is 0 Å². The summed E-state index contributed by atoms with van der Waals surface area (Å²) in [6.45, 7) is 13.7. The van der Waals surface area contributed by atoms with Gasteiger partial charge in [0.2, 0.25) is 0 Å². The summed E-state index contributed by atoms with van der Waals surface area (Å²) in [5.74, 6) is 1.60. The van der Waals surface area contributed by atoms with Gasteiger partial charge in [0.05, 0.1) is 0 Å². The van der Waals surface area contributed by atoms with Crippen LogP contribution in [-0.2, 0) is 17.6 Å². The summed E-state index contributed by atoms with van der Waals surface area (Å²) in [6, 6.07) is 6.63. The average molecular weight is 362 g/mol. The van der Waals surface area contributed by atoms with Gasteiger partial charge in [-0.25, -0.2) is 4.79 Å². The number of carbonyl (C=O) groups excluding carboxylic acids is 1. The number of likely N-dealkylation sites (tertiary alicyclic amines) is 1. The first-order valence-electron chi connectivity index (χ1n) is 9.93. The second kappa shape index (κ2) is 8.79. The first kappa shape index (κ1) is 20.6. The van der Waals surface area contributed by atoms with Crippen molar-refractivity contribution in [2.75, 3.05) is 13.1 Å². The quantitative estimate of drug-likeness (QED) is 0.721. The Bertz CT molecular complexity index is 596. The zero-order chi connectivity index (χ0) is 19.3. The summed E-state index contributed by atoms with van der Waals surface area (Å²) in [7, 11) is 0. The Balaban J connectivity index is 1.93. The van der Waals surface area contributed by atoms with Gasteiger partial charge >= 0.3 is 6.09 Å². The zero-order valence-corrected chi connectivity index (χ0v) is 17.3. The molecule has 1 aliphatic heterocycles. The summed E-state index contributed by atoms with van der Waals surface area (Å²) >= 11 is 0. The Morgan fingerprint density at radius 1 is 1.15 bits per heavy atom. The van der Waals surface area contributed by atoms with E-state index in [-0.39, 0.29) is 12.2 Å². The van der Waals surface area contributed by atoms with E-state index in [0.29, 0.717) is 19.0 Å². The molecule has 146 valence electrons. The highest BCUT2D eigenvalue weighted by Gasteiger charge is 2.27. The monoisotopic (exact) mass is 361 g/mol. The summed E-state index contributed by atoms with van der Waals surface area (Å²) in [5, 5.41) is 0. The van der Waals surface area contributed by atoms with Crippen LogP contribution in [0.15, 0.2) is 18.2 Å². The largest absolute Gasteiger partial charge is 0.490 e. The Hall–Kier alpha value is -1.71. The van der Waals surface area contributed by atoms with Crippen LogP contribution >= 0.6 is 0 Å². The van der Waals surface area contributed by atoms with Crippen molar-refractivity contribution >= 4 is 6.09 Å². The number of hydrogen-bond donors (Lipinski definition) is 0. The number of hydrogen-bond acceptors (Lipinski definition) is 3. The van der Waals surface area contributed by atoms with Crippen LogP contribution in [0.4, 0.5) is 4.79 Å². The van der Waals surface area contributed by atoms with E-state index < -0.39 is 5.60 Å². The van der Waals surface area contributed by atoms with E-state index in [2.05, 4.69) is 39.0 Å². The second-order valence-corrected chi connectivity index (χ2v) is 8.72. The average Bonchev–Trinajstić information content (AvgIpc) is 2.53. The molecule has 1 aliphatic rings. The Kier molecular flexibility index (Phi) is 6.96. The molecule has 4 heteroatoms. The van der Waals surface area contributed by atoms with Gasteiger partial charge in [0.1, 0.15) is 17.5 Å². The lowest BCUT2D eigenvalue weighted by molar-refractivity contribution is 0.0126. The highest BCUT2D eigenvalue weighted by Crippen LogP contribution is 2.24. The lowest BCUT2D eigenvalue weighted by Crippen LogP contribution is -2.44. The van der Waals surface area contributed by atoms with Gasteiger partial charge in [-0.3, -0.25) is 0 Å². The van der Waals surface area contributed by atoms with E-state index in [4.69, 9.17) is 9.47 Å². The van der Waals surface area contributed by atoms with E-state index in [0.717, 1.165) is 31.4 Å². The fraction of sp³-hybridized carbons (Fsp3) is 0.682. The van der Waals surface area contributed by atoms with Crippen molar-refractivity contribution in [3.63, 3.8) is 0 Å². The van der Waals surface area contributed by atoms with Crippen LogP contribution in [0.25, 0.3) is 0 Å². The maximum atomic E-state index is 12.2. The van der Waals surface area contributed by atoms with Crippen molar-refractivity contribution in [2.24, 2.45) is 5.92 Å². The molecule has 0 atom stereocenters. The summed E-state index contributed by atoms with van der Waals surface area (Å²) in [4.78, 5) is 14.0. The molecule has 0 N–H and O–H groups in total. The zero-order valence-electron chi connectivity index (χ0n) is 17.3. The lowest BCUT2D eigenvalue weighted by Gasteiger charge is -2.33. The summed E-state index contributed by atoms with van der Waals surface area (Å²) in [5.41, 5.74) is 2.22. The van der Waals surface area contributed by atoms with Crippen LogP contribution in [0.1, 0.15) is 65.5 Å². The molecule has 0 spiro atoms. The molecule has 1 aromatic rings. The molecule has 2 rings (SSSR count). The van der Waals surface area contributed by atoms with E-state index >= 15 is 0 Å². The number of aryl methyl sites for hydroxylation is 1. The second-order valence-electron chi connectivity index (χ2n) is 8.72. The van der Waals surface area contributed by atoms with E-state index in [1.807, 2.05) is 20.8 Å². The Morgan fingerprint density at radius 3 is 2.31 bits per heavy atom. The molecular formula is C22H35NO3. The SMILES string of the molecule is CCc1cc(CC(C)C)cc(OC2CCN(C(=O)OC(C)(C)C)CC2)c1. The predicted octanol–water partition coefficient (Wildman–Crippen LogP) is 5.23. The molecule has 0 unspecified atom stereocenters. The lowest BCUT2D eigenvalue weighted by atomic mass is 9.99. The third kappa shape index (κ3) is 6.54. The standard InChI is InChI=1S/C22H35NO3/c1-7-17-13-18(12-16(2)3)15-20(14-17)25-19-8-10-23(11-9-19)21(24)26-22(4,5)6/h13-16,19H,7-12H2,1-6H3. The Morgan fingerprint density at radius 2 is 1.77 bits per heavy atom. The fourth-order valence-corrected chi connectivity index (χ4v) is 3.27. The molecule has 1 fully saturated rings. The van der Waals surface area contributed by atoms with Crippen LogP contribution in [0.2, 0.25) is 0 Å². The first-order valence-corrected chi connectivity index (χ1v) is 9.93. The normalized spacial score (nSPS) is 16.0. The van der Waals surface area contributed by atoms with Gasteiger partial charge in [0.25, 0.3) is 0 Å². The van der Waals surface area contributed by atoms with Gasteiger partial charge in [0.15, 0.2) is 0 Å². The number of benzene rings is 1. The molecule has 0 saturated carbocycles. The fourth-order valence-electron chi connectivity index (χ4n) is 3.27. The topological polar surface area (TPSA) is 38.8 Å². The summed E-state index contributed by atoms with van der Waals surface area (Å²) in [6.07, 6.45) is 3.71. The maximum Gasteiger partial charge on any atom is 0.410 e. The first-order chi connectivity index (χ1) is 12.2. The van der Waals surface area contributed by atoms with Crippen molar-refractivity contribution in [3.8, 4) is 5.75 Å². The predicted molar refractivity (Wildman–Crippen MR) is 106 cm³/mol. The number of amides is 1. The Labute approximate surface area is 158 Å². The molecule has 1 saturated heterocycles. The smallest absolute Gasteiger partial charge is 0.410 e. The number of ether oxygens (including phenoxy) is 2. The van der Waals surface area contributed by atoms with Crippen LogP contribution in [-0.4, -0.2) is 35.8 Å². The van der Waals surface area contributed by atoms with Crippen LogP contribution in [0, 0.1) is 5.92 Å². The molecule has 0 radical (unpaired) electrons. The molecule has 26 heavy (non-hydrogen) atoms. The van der Waals surface area contributed by atoms with Gasteiger partial charge in [-0.05, 0) is 62.8 Å². The molecule has 4 nitrogen and oxygen atoms in total. The molecule has 1 amide bonds. The van der Waals surface area contributed by atoms with Gasteiger partial charge in [-0.1, -0.05) is 26.8 Å². The van der Waals surface area contributed by atoms with Gasteiger partial charge < -0.3 is 14.4 Å². The minimum Gasteiger partial charge on any atom is -0.490 e. The van der Waals surface area contributed by atoms with Crippen molar-refractivity contribution in [3.05, 3.63) is 29.3 Å². The third-order valence-corrected chi connectivity index (χ3v) is 4.47. The van der Waals surface area contributed by atoms with Crippen LogP contribution in [0.5, 0.6) is 5.75 Å². The number of nitrogens with zero attached hydrogens (tertiary/aromatic N) is 1. The highest BCUT2D eigenvalue weighted by molar-refractivity contribution is 5.68. The van der Waals surface area contributed by atoms with E-state index in [1.54, 1.807) is 4.90 Å². The molecule has 1 heterocycles. The third-order valence-electron chi connectivity index (χ3n) is 4.47. The van der Waals surface area contributed by atoms with Crippen molar-refractivity contribution in [2.45, 2.75) is 78.9 Å². The molecule has 1 aromatic carbocycles. The van der Waals surface area contributed by atoms with Gasteiger partial charge in [-0.2, -0.15) is 0 Å². The molecule has 0 aliphatic carbocycles. The molecule has 0 bridgehead atoms. The molecular weight excluding hydrogens is 326 g/mol. The van der Waals surface area contributed by atoms with E-state index in [9.17, 15) is 4.79 Å². The highest BCUT2D eigenvalue weighted by atomic mass is 16.6. The van der Waals surface area contributed by atoms with Crippen molar-refractivity contribution in [1.29, 1.82) is 0 Å². The maximum absolute atomic E-state index is 12.2. The summed E-state index contributed by atoms with van der Waals surface area (Å²) < 4.78 is 11.7. The number of rotatable bonds is 5. The van der Waals surface area contributed by atoms with Crippen LogP contribution in [0.3, 0.4) is 0 Å².